The van der Waals surface area contributed by atoms with Crippen LogP contribution in [-0.2, 0) is 17.5 Å². The van der Waals surface area contributed by atoms with Crippen molar-refractivity contribution in [3.05, 3.63) is 47.1 Å². The van der Waals surface area contributed by atoms with E-state index >= 15 is 0 Å². The number of amides is 1. The van der Waals surface area contributed by atoms with Gasteiger partial charge in [-0.25, -0.2) is 0 Å². The van der Waals surface area contributed by atoms with E-state index in [0.29, 0.717) is 36.7 Å². The third-order valence-corrected chi connectivity index (χ3v) is 4.45. The van der Waals surface area contributed by atoms with Gasteiger partial charge >= 0.3 is 6.18 Å². The fraction of sp³-hybridized carbons (Fsp3) is 0.500. The average Bonchev–Trinajstić information content (AvgIpc) is 3.07. The Kier molecular flexibility index (Phi) is 5.02. The van der Waals surface area contributed by atoms with Crippen LogP contribution in [0.3, 0.4) is 0 Å². The Labute approximate surface area is 149 Å². The van der Waals surface area contributed by atoms with Crippen molar-refractivity contribution in [3.8, 4) is 0 Å². The van der Waals surface area contributed by atoms with E-state index in [1.807, 2.05) is 13.8 Å². The van der Waals surface area contributed by atoms with Crippen molar-refractivity contribution in [1.29, 1.82) is 0 Å². The van der Waals surface area contributed by atoms with Gasteiger partial charge in [0, 0.05) is 25.4 Å². The largest absolute Gasteiger partial charge is 0.416 e. The molecule has 0 radical (unpaired) electrons. The zero-order valence-electron chi connectivity index (χ0n) is 14.6. The lowest BCUT2D eigenvalue weighted by Gasteiger charge is -2.31. The second-order valence-electron chi connectivity index (χ2n) is 6.85. The van der Waals surface area contributed by atoms with Crippen molar-refractivity contribution in [3.63, 3.8) is 0 Å². The molecule has 0 aliphatic carbocycles. The number of benzene rings is 1. The summed E-state index contributed by atoms with van der Waals surface area (Å²) >= 11 is 0. The van der Waals surface area contributed by atoms with Gasteiger partial charge in [-0.05, 0) is 24.1 Å². The highest BCUT2D eigenvalue weighted by Crippen LogP contribution is 2.31. The van der Waals surface area contributed by atoms with Crippen LogP contribution in [0.4, 0.5) is 13.2 Å². The lowest BCUT2D eigenvalue weighted by Crippen LogP contribution is -2.38. The second kappa shape index (κ2) is 7.09. The van der Waals surface area contributed by atoms with E-state index in [0.717, 1.165) is 12.1 Å². The predicted molar refractivity (Wildman–Crippen MR) is 87.2 cm³/mol. The molecule has 0 spiro atoms. The average molecular weight is 367 g/mol. The van der Waals surface area contributed by atoms with E-state index in [9.17, 15) is 18.0 Å². The number of hydrogen-bond donors (Lipinski definition) is 0. The first-order chi connectivity index (χ1) is 12.2. The van der Waals surface area contributed by atoms with Crippen molar-refractivity contribution in [1.82, 2.24) is 15.0 Å². The molecule has 1 saturated heterocycles. The van der Waals surface area contributed by atoms with Gasteiger partial charge in [-0.15, -0.1) is 0 Å². The summed E-state index contributed by atoms with van der Waals surface area (Å²) < 4.78 is 43.9. The summed E-state index contributed by atoms with van der Waals surface area (Å²) in [6.07, 6.45) is -3.50. The fourth-order valence-corrected chi connectivity index (χ4v) is 2.98. The maximum absolute atomic E-state index is 12.9. The smallest absolute Gasteiger partial charge is 0.339 e. The van der Waals surface area contributed by atoms with Crippen LogP contribution in [0.25, 0.3) is 0 Å². The Bertz CT molecular complexity index is 786. The number of rotatable bonds is 4. The van der Waals surface area contributed by atoms with Crippen molar-refractivity contribution in [2.45, 2.75) is 51.2 Å². The molecule has 1 aromatic carbocycles. The Morgan fingerprint density at radius 1 is 1.35 bits per heavy atom. The first-order valence-corrected chi connectivity index (χ1v) is 8.51. The number of aromatic nitrogens is 2. The van der Waals surface area contributed by atoms with Crippen LogP contribution in [0.1, 0.15) is 61.4 Å². The molecular formula is C18H20F3N3O2. The van der Waals surface area contributed by atoms with E-state index in [4.69, 9.17) is 4.52 Å². The van der Waals surface area contributed by atoms with E-state index < -0.39 is 11.7 Å². The first kappa shape index (κ1) is 18.4. The quantitative estimate of drug-likeness (QED) is 0.816. The molecule has 1 aromatic heterocycles. The SMILES string of the molecule is CC(C)c1noc([C@@H]2CCC(=O)N(Cc3cccc(C(F)(F)F)c3)C2)n1. The minimum atomic E-state index is -4.40. The number of carbonyl (C=O) groups is 1. The van der Waals surface area contributed by atoms with Crippen LogP contribution in [0.2, 0.25) is 0 Å². The van der Waals surface area contributed by atoms with Gasteiger partial charge in [0.05, 0.1) is 11.5 Å². The highest BCUT2D eigenvalue weighted by atomic mass is 19.4. The molecule has 0 unspecified atom stereocenters. The molecule has 3 rings (SSSR count). The maximum atomic E-state index is 12.9. The summed E-state index contributed by atoms with van der Waals surface area (Å²) in [7, 11) is 0. The van der Waals surface area contributed by atoms with Crippen LogP contribution in [-0.4, -0.2) is 27.5 Å². The van der Waals surface area contributed by atoms with Gasteiger partial charge in [-0.1, -0.05) is 31.1 Å². The van der Waals surface area contributed by atoms with E-state index in [-0.39, 0.29) is 24.3 Å². The fourth-order valence-electron chi connectivity index (χ4n) is 2.98. The number of nitrogens with zero attached hydrogens (tertiary/aromatic N) is 3. The summed E-state index contributed by atoms with van der Waals surface area (Å²) in [6, 6.07) is 5.06. The lowest BCUT2D eigenvalue weighted by molar-refractivity contribution is -0.137. The summed E-state index contributed by atoms with van der Waals surface area (Å²) in [4.78, 5) is 18.1. The highest BCUT2D eigenvalue weighted by Gasteiger charge is 2.32. The van der Waals surface area contributed by atoms with Crippen molar-refractivity contribution < 1.29 is 22.5 Å². The van der Waals surface area contributed by atoms with Crippen LogP contribution < -0.4 is 0 Å². The number of alkyl halides is 3. The molecule has 2 heterocycles. The molecule has 1 atom stereocenters. The van der Waals surface area contributed by atoms with Crippen molar-refractivity contribution in [2.75, 3.05) is 6.54 Å². The minimum Gasteiger partial charge on any atom is -0.339 e. The van der Waals surface area contributed by atoms with Gasteiger partial charge in [-0.3, -0.25) is 4.79 Å². The van der Waals surface area contributed by atoms with Gasteiger partial charge < -0.3 is 9.42 Å². The van der Waals surface area contributed by atoms with Crippen LogP contribution in [0.15, 0.2) is 28.8 Å². The molecule has 0 N–H and O–H groups in total. The Morgan fingerprint density at radius 3 is 2.77 bits per heavy atom. The third-order valence-electron chi connectivity index (χ3n) is 4.45. The zero-order chi connectivity index (χ0) is 18.9. The van der Waals surface area contributed by atoms with Crippen LogP contribution >= 0.6 is 0 Å². The van der Waals surface area contributed by atoms with Crippen LogP contribution in [0.5, 0.6) is 0 Å². The maximum Gasteiger partial charge on any atom is 0.416 e. The molecule has 1 aliphatic heterocycles. The molecule has 0 saturated carbocycles. The number of hydrogen-bond acceptors (Lipinski definition) is 4. The molecule has 5 nitrogen and oxygen atoms in total. The monoisotopic (exact) mass is 367 g/mol. The summed E-state index contributed by atoms with van der Waals surface area (Å²) in [5, 5.41) is 3.94. The minimum absolute atomic E-state index is 0.0812. The number of carbonyl (C=O) groups excluding carboxylic acids is 1. The van der Waals surface area contributed by atoms with Crippen molar-refractivity contribution >= 4 is 5.91 Å². The molecule has 1 amide bonds. The number of halogens is 3. The molecule has 1 fully saturated rings. The number of piperidine rings is 1. The summed E-state index contributed by atoms with van der Waals surface area (Å²) in [5.41, 5.74) is -0.267. The molecular weight excluding hydrogens is 347 g/mol. The van der Waals surface area contributed by atoms with Gasteiger partial charge in [0.15, 0.2) is 5.82 Å². The topological polar surface area (TPSA) is 59.2 Å². The molecule has 26 heavy (non-hydrogen) atoms. The molecule has 140 valence electrons. The first-order valence-electron chi connectivity index (χ1n) is 8.51. The summed E-state index contributed by atoms with van der Waals surface area (Å²) in [6.45, 7) is 4.40. The van der Waals surface area contributed by atoms with Gasteiger partial charge in [0.25, 0.3) is 0 Å². The van der Waals surface area contributed by atoms with Crippen LogP contribution in [0, 0.1) is 0 Å². The standard InChI is InChI=1S/C18H20F3N3O2/c1-11(2)16-22-17(26-23-16)13-6-7-15(25)24(10-13)9-12-4-3-5-14(8-12)18(19,20)21/h3-5,8,11,13H,6-7,9-10H2,1-2H3/t13-/m1/s1. The Morgan fingerprint density at radius 2 is 2.12 bits per heavy atom. The van der Waals surface area contributed by atoms with Crippen molar-refractivity contribution in [2.24, 2.45) is 0 Å². The van der Waals surface area contributed by atoms with Gasteiger partial charge in [0.2, 0.25) is 11.8 Å². The second-order valence-corrected chi connectivity index (χ2v) is 6.85. The van der Waals surface area contributed by atoms with E-state index in [1.54, 1.807) is 11.0 Å². The highest BCUT2D eigenvalue weighted by molar-refractivity contribution is 5.77. The molecule has 1 aliphatic rings. The van der Waals surface area contributed by atoms with Gasteiger partial charge in [0.1, 0.15) is 0 Å². The Balaban J connectivity index is 1.74. The third kappa shape index (κ3) is 4.05. The summed E-state index contributed by atoms with van der Waals surface area (Å²) in [5.74, 6) is 1.05. The normalized spacial score (nSPS) is 18.6. The lowest BCUT2D eigenvalue weighted by atomic mass is 9.96. The predicted octanol–water partition coefficient (Wildman–Crippen LogP) is 4.12. The molecule has 8 heteroatoms. The van der Waals surface area contributed by atoms with E-state index in [2.05, 4.69) is 10.1 Å². The van der Waals surface area contributed by atoms with Gasteiger partial charge in [-0.2, -0.15) is 18.2 Å². The van der Waals surface area contributed by atoms with E-state index in [1.165, 1.54) is 6.07 Å². The number of likely N-dealkylation sites (tertiary alicyclic amines) is 1. The zero-order valence-corrected chi connectivity index (χ0v) is 14.6. The molecule has 2 aromatic rings. The molecule has 0 bridgehead atoms. The Hall–Kier alpha value is -2.38.